The van der Waals surface area contributed by atoms with Gasteiger partial charge in [-0.3, -0.25) is 4.79 Å². The number of nitrogens with zero attached hydrogens (tertiary/aromatic N) is 2. The molecule has 0 saturated heterocycles. The molecule has 0 atom stereocenters. The molecular formula is C14H9ClN2O2S2. The van der Waals surface area contributed by atoms with Gasteiger partial charge in [-0.25, -0.2) is 0 Å². The molecule has 0 spiro atoms. The lowest BCUT2D eigenvalue weighted by atomic mass is 10.2. The zero-order valence-corrected chi connectivity index (χ0v) is 13.0. The monoisotopic (exact) mass is 336 g/mol. The first kappa shape index (κ1) is 14.3. The minimum Gasteiger partial charge on any atom is -0.411 e. The maximum atomic E-state index is 11.9. The molecule has 0 unspecified atom stereocenters. The highest BCUT2D eigenvalue weighted by molar-refractivity contribution is 7.99. The van der Waals surface area contributed by atoms with Crippen molar-refractivity contribution in [1.82, 2.24) is 10.2 Å². The van der Waals surface area contributed by atoms with Crippen molar-refractivity contribution in [2.75, 3.05) is 5.75 Å². The van der Waals surface area contributed by atoms with E-state index in [2.05, 4.69) is 10.2 Å². The van der Waals surface area contributed by atoms with Crippen LogP contribution in [0.1, 0.15) is 9.67 Å². The number of carbonyl (C=O) groups excluding carboxylic acids is 1. The summed E-state index contributed by atoms with van der Waals surface area (Å²) in [4.78, 5) is 12.6. The smallest absolute Gasteiger partial charge is 0.277 e. The van der Waals surface area contributed by atoms with Gasteiger partial charge in [0.2, 0.25) is 5.89 Å². The molecular weight excluding hydrogens is 328 g/mol. The zero-order chi connectivity index (χ0) is 14.7. The second kappa shape index (κ2) is 6.43. The van der Waals surface area contributed by atoms with E-state index in [0.717, 1.165) is 10.4 Å². The van der Waals surface area contributed by atoms with E-state index in [-0.39, 0.29) is 11.5 Å². The molecule has 106 valence electrons. The van der Waals surface area contributed by atoms with Gasteiger partial charge in [0.05, 0.1) is 10.6 Å². The predicted molar refractivity (Wildman–Crippen MR) is 84.1 cm³/mol. The number of hydrogen-bond donors (Lipinski definition) is 0. The van der Waals surface area contributed by atoms with Crippen LogP contribution >= 0.6 is 34.7 Å². The lowest BCUT2D eigenvalue weighted by Crippen LogP contribution is -1.98. The Morgan fingerprint density at radius 2 is 2.05 bits per heavy atom. The summed E-state index contributed by atoms with van der Waals surface area (Å²) in [5.74, 6) is 0.752. The van der Waals surface area contributed by atoms with Crippen LogP contribution in [0, 0.1) is 0 Å². The van der Waals surface area contributed by atoms with E-state index in [4.69, 9.17) is 16.0 Å². The Kier molecular flexibility index (Phi) is 4.38. The fourth-order valence-corrected chi connectivity index (χ4v) is 3.14. The van der Waals surface area contributed by atoms with Gasteiger partial charge in [0.25, 0.3) is 5.22 Å². The lowest BCUT2D eigenvalue weighted by molar-refractivity contribution is 0.102. The molecule has 7 heteroatoms. The van der Waals surface area contributed by atoms with E-state index in [9.17, 15) is 4.79 Å². The largest absolute Gasteiger partial charge is 0.411 e. The summed E-state index contributed by atoms with van der Waals surface area (Å²) in [5.41, 5.74) is 0.795. The van der Waals surface area contributed by atoms with Crippen LogP contribution in [-0.2, 0) is 0 Å². The minimum atomic E-state index is 0.0567. The number of rotatable bonds is 5. The molecule has 0 fully saturated rings. The third-order valence-electron chi connectivity index (χ3n) is 2.62. The van der Waals surface area contributed by atoms with Gasteiger partial charge < -0.3 is 4.42 Å². The Morgan fingerprint density at radius 3 is 2.76 bits per heavy atom. The zero-order valence-electron chi connectivity index (χ0n) is 10.7. The van der Waals surface area contributed by atoms with E-state index in [1.807, 2.05) is 11.4 Å². The highest BCUT2D eigenvalue weighted by Gasteiger charge is 2.12. The number of carbonyl (C=O) groups is 1. The summed E-state index contributed by atoms with van der Waals surface area (Å²) in [6.07, 6.45) is 0. The van der Waals surface area contributed by atoms with Gasteiger partial charge >= 0.3 is 0 Å². The second-order valence-electron chi connectivity index (χ2n) is 4.07. The van der Waals surface area contributed by atoms with Gasteiger partial charge in [-0.1, -0.05) is 29.4 Å². The number of thiophene rings is 1. The van der Waals surface area contributed by atoms with Crippen molar-refractivity contribution in [1.29, 1.82) is 0 Å². The number of thioether (sulfide) groups is 1. The number of halogens is 1. The van der Waals surface area contributed by atoms with Crippen LogP contribution in [0.2, 0.25) is 5.02 Å². The molecule has 0 aliphatic carbocycles. The summed E-state index contributed by atoms with van der Waals surface area (Å²) in [5, 5.41) is 10.8. The van der Waals surface area contributed by atoms with Crippen molar-refractivity contribution in [3.8, 4) is 11.5 Å². The van der Waals surface area contributed by atoms with E-state index in [1.165, 1.54) is 23.1 Å². The number of ketones is 1. The van der Waals surface area contributed by atoms with E-state index in [1.54, 1.807) is 30.3 Å². The van der Waals surface area contributed by atoms with Crippen molar-refractivity contribution in [2.45, 2.75) is 5.22 Å². The van der Waals surface area contributed by atoms with Crippen LogP contribution in [0.3, 0.4) is 0 Å². The topological polar surface area (TPSA) is 56.0 Å². The van der Waals surface area contributed by atoms with Gasteiger partial charge in [0, 0.05) is 10.6 Å². The number of aromatic nitrogens is 2. The van der Waals surface area contributed by atoms with Gasteiger partial charge in [0.1, 0.15) is 0 Å². The molecule has 4 nitrogen and oxygen atoms in total. The lowest BCUT2D eigenvalue weighted by Gasteiger charge is -1.95. The third kappa shape index (κ3) is 3.53. The number of benzene rings is 1. The van der Waals surface area contributed by atoms with Crippen LogP contribution in [0.15, 0.2) is 51.4 Å². The van der Waals surface area contributed by atoms with Gasteiger partial charge in [0.15, 0.2) is 5.78 Å². The molecule has 3 rings (SSSR count). The molecule has 2 heterocycles. The number of Topliss-reactive ketones (excluding diaryl/α,β-unsaturated/α-hetero) is 1. The van der Waals surface area contributed by atoms with Crippen molar-refractivity contribution in [2.24, 2.45) is 0 Å². The van der Waals surface area contributed by atoms with Gasteiger partial charge in [-0.2, -0.15) is 0 Å². The normalized spacial score (nSPS) is 10.7. The van der Waals surface area contributed by atoms with Crippen LogP contribution in [0.25, 0.3) is 11.5 Å². The summed E-state index contributed by atoms with van der Waals surface area (Å²) < 4.78 is 5.53. The Hall–Kier alpha value is -1.63. The van der Waals surface area contributed by atoms with Crippen LogP contribution < -0.4 is 0 Å². The van der Waals surface area contributed by atoms with Crippen LogP contribution in [0.5, 0.6) is 0 Å². The Labute approximate surface area is 134 Å². The van der Waals surface area contributed by atoms with Crippen LogP contribution in [-0.4, -0.2) is 21.7 Å². The van der Waals surface area contributed by atoms with E-state index < -0.39 is 0 Å². The molecule has 3 aromatic rings. The Morgan fingerprint density at radius 1 is 1.24 bits per heavy atom. The molecule has 0 aliphatic heterocycles. The second-order valence-corrected chi connectivity index (χ2v) is 6.38. The van der Waals surface area contributed by atoms with Gasteiger partial charge in [-0.15, -0.1) is 21.5 Å². The summed E-state index contributed by atoms with van der Waals surface area (Å²) in [6, 6.07) is 10.8. The average Bonchev–Trinajstić information content (AvgIpc) is 3.17. The molecule has 0 amide bonds. The highest BCUT2D eigenvalue weighted by atomic mass is 35.5. The van der Waals surface area contributed by atoms with Crippen molar-refractivity contribution in [3.63, 3.8) is 0 Å². The quantitative estimate of drug-likeness (QED) is 0.509. The van der Waals surface area contributed by atoms with Crippen molar-refractivity contribution in [3.05, 3.63) is 51.7 Å². The SMILES string of the molecule is O=C(CSc1nnc(-c2ccc(Cl)cc2)o1)c1cccs1. The molecule has 2 aromatic heterocycles. The molecule has 0 saturated carbocycles. The highest BCUT2D eigenvalue weighted by Crippen LogP contribution is 2.25. The fourth-order valence-electron chi connectivity index (χ4n) is 1.61. The van der Waals surface area contributed by atoms with Crippen molar-refractivity contribution >= 4 is 40.5 Å². The van der Waals surface area contributed by atoms with Crippen LogP contribution in [0.4, 0.5) is 0 Å². The summed E-state index contributed by atoms with van der Waals surface area (Å²) in [6.45, 7) is 0. The third-order valence-corrected chi connectivity index (χ3v) is 4.60. The Bertz CT molecular complexity index is 739. The molecule has 0 radical (unpaired) electrons. The molecule has 0 N–H and O–H groups in total. The molecule has 1 aromatic carbocycles. The average molecular weight is 337 g/mol. The summed E-state index contributed by atoms with van der Waals surface area (Å²) >= 11 is 8.49. The standard InChI is InChI=1S/C14H9ClN2O2S2/c15-10-5-3-9(4-6-10)13-16-17-14(19-13)21-8-11(18)12-2-1-7-20-12/h1-7H,8H2. The first-order chi connectivity index (χ1) is 10.2. The van der Waals surface area contributed by atoms with Gasteiger partial charge in [-0.05, 0) is 35.7 Å². The fraction of sp³-hybridized carbons (Fsp3) is 0.0714. The first-order valence-corrected chi connectivity index (χ1v) is 8.25. The summed E-state index contributed by atoms with van der Waals surface area (Å²) in [7, 11) is 0. The van der Waals surface area contributed by atoms with Crippen molar-refractivity contribution < 1.29 is 9.21 Å². The number of hydrogen-bond acceptors (Lipinski definition) is 6. The van der Waals surface area contributed by atoms with E-state index >= 15 is 0 Å². The Balaban J connectivity index is 1.65. The molecule has 0 aliphatic rings. The minimum absolute atomic E-state index is 0.0567. The maximum absolute atomic E-state index is 11.9. The molecule has 0 bridgehead atoms. The first-order valence-electron chi connectivity index (χ1n) is 6.01. The van der Waals surface area contributed by atoms with E-state index in [0.29, 0.717) is 16.1 Å². The maximum Gasteiger partial charge on any atom is 0.277 e. The molecule has 21 heavy (non-hydrogen) atoms. The predicted octanol–water partition coefficient (Wildman–Crippen LogP) is 4.43.